The number of rotatable bonds is 7. The molecular weight excluding hydrogens is 240 g/mol. The van der Waals surface area contributed by atoms with Gasteiger partial charge in [0.2, 0.25) is 0 Å². The van der Waals surface area contributed by atoms with Crippen LogP contribution in [0, 0.1) is 11.8 Å². The number of hydrogen-bond donors (Lipinski definition) is 2. The monoisotopic (exact) mass is 264 g/mol. The predicted octanol–water partition coefficient (Wildman–Crippen LogP) is 2.20. The molecule has 0 saturated heterocycles. The van der Waals surface area contributed by atoms with Gasteiger partial charge in [-0.3, -0.25) is 4.79 Å². The molecule has 0 bridgehead atoms. The lowest BCUT2D eigenvalue weighted by molar-refractivity contribution is -0.131. The van der Waals surface area contributed by atoms with Crippen LogP contribution in [0.3, 0.4) is 0 Å². The van der Waals surface area contributed by atoms with Crippen molar-refractivity contribution in [2.75, 3.05) is 0 Å². The third-order valence-electron chi connectivity index (χ3n) is 3.51. The summed E-state index contributed by atoms with van der Waals surface area (Å²) in [5, 5.41) is 20.2. The summed E-state index contributed by atoms with van der Waals surface area (Å²) in [4.78, 5) is 11.6. The summed E-state index contributed by atoms with van der Waals surface area (Å²) in [7, 11) is 0. The van der Waals surface area contributed by atoms with E-state index in [0.717, 1.165) is 5.56 Å². The van der Waals surface area contributed by atoms with E-state index < -0.39 is 18.1 Å². The first-order valence-electron chi connectivity index (χ1n) is 6.84. The van der Waals surface area contributed by atoms with Crippen molar-refractivity contribution in [3.63, 3.8) is 0 Å². The van der Waals surface area contributed by atoms with Crippen molar-refractivity contribution < 1.29 is 15.0 Å². The smallest absolute Gasteiger partial charge is 0.138 e. The van der Waals surface area contributed by atoms with Crippen molar-refractivity contribution in [1.29, 1.82) is 0 Å². The highest BCUT2D eigenvalue weighted by Gasteiger charge is 2.32. The lowest BCUT2D eigenvalue weighted by Crippen LogP contribution is -2.40. The van der Waals surface area contributed by atoms with E-state index in [1.54, 1.807) is 0 Å². The summed E-state index contributed by atoms with van der Waals surface area (Å²) < 4.78 is 0. The Kier molecular flexibility index (Phi) is 6.19. The van der Waals surface area contributed by atoms with Crippen molar-refractivity contribution in [2.24, 2.45) is 11.8 Å². The molecule has 0 aromatic heterocycles. The van der Waals surface area contributed by atoms with Gasteiger partial charge in [-0.05, 0) is 31.2 Å². The maximum atomic E-state index is 11.6. The van der Waals surface area contributed by atoms with E-state index in [0.29, 0.717) is 12.8 Å². The fourth-order valence-corrected chi connectivity index (χ4v) is 2.29. The maximum Gasteiger partial charge on any atom is 0.138 e. The highest BCUT2D eigenvalue weighted by Crippen LogP contribution is 2.21. The Balaban J connectivity index is 2.63. The number of benzene rings is 1. The van der Waals surface area contributed by atoms with Crippen LogP contribution in [0.2, 0.25) is 0 Å². The van der Waals surface area contributed by atoms with E-state index in [1.165, 1.54) is 6.92 Å². The van der Waals surface area contributed by atoms with E-state index >= 15 is 0 Å². The van der Waals surface area contributed by atoms with Gasteiger partial charge in [-0.2, -0.15) is 0 Å². The van der Waals surface area contributed by atoms with E-state index in [2.05, 4.69) is 0 Å². The van der Waals surface area contributed by atoms with E-state index in [1.807, 2.05) is 44.2 Å². The first kappa shape index (κ1) is 15.9. The quantitative estimate of drug-likeness (QED) is 0.794. The normalized spacial score (nSPS) is 16.1. The highest BCUT2D eigenvalue weighted by atomic mass is 16.3. The summed E-state index contributed by atoms with van der Waals surface area (Å²) in [6.45, 7) is 5.14. The molecule has 0 saturated carbocycles. The van der Waals surface area contributed by atoms with Crippen molar-refractivity contribution >= 4 is 5.78 Å². The molecular formula is C16H24O3. The van der Waals surface area contributed by atoms with Crippen LogP contribution in [0.25, 0.3) is 0 Å². The van der Waals surface area contributed by atoms with Crippen LogP contribution >= 0.6 is 0 Å². The third-order valence-corrected chi connectivity index (χ3v) is 3.51. The van der Waals surface area contributed by atoms with Crippen LogP contribution in [-0.4, -0.2) is 28.2 Å². The number of carbonyl (C=O) groups excluding carboxylic acids is 1. The first-order valence-corrected chi connectivity index (χ1v) is 6.84. The molecule has 1 rings (SSSR count). The summed E-state index contributed by atoms with van der Waals surface area (Å²) in [6.07, 6.45) is -0.396. The van der Waals surface area contributed by atoms with Crippen LogP contribution in [0.15, 0.2) is 30.3 Å². The fourth-order valence-electron chi connectivity index (χ4n) is 2.29. The van der Waals surface area contributed by atoms with Crippen molar-refractivity contribution in [2.45, 2.75) is 45.8 Å². The van der Waals surface area contributed by atoms with Gasteiger partial charge in [-0.15, -0.1) is 0 Å². The van der Waals surface area contributed by atoms with Crippen LogP contribution in [0.1, 0.15) is 32.8 Å². The van der Waals surface area contributed by atoms with Crippen LogP contribution in [-0.2, 0) is 11.2 Å². The summed E-state index contributed by atoms with van der Waals surface area (Å²) in [5.41, 5.74) is 1.13. The van der Waals surface area contributed by atoms with E-state index in [4.69, 9.17) is 0 Å². The Morgan fingerprint density at radius 1 is 1.16 bits per heavy atom. The number of hydrogen-bond acceptors (Lipinski definition) is 3. The minimum atomic E-state index is -0.796. The molecule has 1 aromatic rings. The Hall–Kier alpha value is -1.19. The zero-order valence-corrected chi connectivity index (χ0v) is 11.9. The van der Waals surface area contributed by atoms with E-state index in [-0.39, 0.29) is 11.7 Å². The van der Waals surface area contributed by atoms with Gasteiger partial charge in [0, 0.05) is 0 Å². The molecule has 0 aliphatic heterocycles. The average Bonchev–Trinajstić information content (AvgIpc) is 2.37. The maximum absolute atomic E-state index is 11.6. The first-order chi connectivity index (χ1) is 8.93. The number of aliphatic hydroxyl groups excluding tert-OH is 2. The molecule has 3 atom stereocenters. The molecule has 0 aliphatic rings. The summed E-state index contributed by atoms with van der Waals surface area (Å²) in [5.74, 6) is -0.884. The molecule has 106 valence electrons. The van der Waals surface area contributed by atoms with Crippen molar-refractivity contribution in [3.8, 4) is 0 Å². The zero-order chi connectivity index (χ0) is 14.4. The highest BCUT2D eigenvalue weighted by molar-refractivity contribution is 5.79. The fraction of sp³-hybridized carbons (Fsp3) is 0.562. The zero-order valence-electron chi connectivity index (χ0n) is 11.9. The van der Waals surface area contributed by atoms with Gasteiger partial charge in [0.1, 0.15) is 5.78 Å². The van der Waals surface area contributed by atoms with Gasteiger partial charge >= 0.3 is 0 Å². The van der Waals surface area contributed by atoms with E-state index in [9.17, 15) is 15.0 Å². The number of aryl methyl sites for hydroxylation is 1. The number of Topliss-reactive ketones (excluding diaryl/α,β-unsaturated/α-hetero) is 1. The van der Waals surface area contributed by atoms with Gasteiger partial charge in [-0.25, -0.2) is 0 Å². The minimum absolute atomic E-state index is 0.0414. The number of carbonyl (C=O) groups is 1. The second-order valence-corrected chi connectivity index (χ2v) is 5.46. The Morgan fingerprint density at radius 2 is 1.74 bits per heavy atom. The molecule has 3 heteroatoms. The number of ketones is 1. The molecule has 0 aliphatic carbocycles. The van der Waals surface area contributed by atoms with Crippen LogP contribution in [0.4, 0.5) is 0 Å². The predicted molar refractivity (Wildman–Crippen MR) is 75.8 cm³/mol. The second-order valence-electron chi connectivity index (χ2n) is 5.46. The molecule has 0 unspecified atom stereocenters. The van der Waals surface area contributed by atoms with Gasteiger partial charge in [0.15, 0.2) is 0 Å². The molecule has 1 aromatic carbocycles. The molecule has 2 N–H and O–H groups in total. The van der Waals surface area contributed by atoms with Gasteiger partial charge < -0.3 is 10.2 Å². The summed E-state index contributed by atoms with van der Waals surface area (Å²) >= 11 is 0. The average molecular weight is 264 g/mol. The molecule has 0 fully saturated rings. The topological polar surface area (TPSA) is 57.5 Å². The Labute approximate surface area is 115 Å². The molecule has 0 spiro atoms. The van der Waals surface area contributed by atoms with Crippen LogP contribution in [0.5, 0.6) is 0 Å². The number of aliphatic hydroxyl groups is 2. The molecule has 0 amide bonds. The Morgan fingerprint density at radius 3 is 2.21 bits per heavy atom. The second kappa shape index (κ2) is 7.41. The van der Waals surface area contributed by atoms with Gasteiger partial charge in [0.25, 0.3) is 0 Å². The molecule has 19 heavy (non-hydrogen) atoms. The van der Waals surface area contributed by atoms with Gasteiger partial charge in [-0.1, -0.05) is 44.2 Å². The Bertz CT molecular complexity index is 386. The lowest BCUT2D eigenvalue weighted by atomic mass is 9.84. The van der Waals surface area contributed by atoms with Gasteiger partial charge in [0.05, 0.1) is 18.1 Å². The molecule has 0 radical (unpaired) electrons. The largest absolute Gasteiger partial charge is 0.392 e. The van der Waals surface area contributed by atoms with Crippen molar-refractivity contribution in [3.05, 3.63) is 35.9 Å². The molecule has 3 nitrogen and oxygen atoms in total. The minimum Gasteiger partial charge on any atom is -0.392 e. The molecule has 0 heterocycles. The van der Waals surface area contributed by atoms with Crippen molar-refractivity contribution in [1.82, 2.24) is 0 Å². The van der Waals surface area contributed by atoms with Crippen LogP contribution < -0.4 is 0 Å². The third kappa shape index (κ3) is 4.77. The SMILES string of the molecule is CC(=O)[C@H]([C@@H](O)CCc1ccccc1)[C@@H](O)C(C)C. The lowest BCUT2D eigenvalue weighted by Gasteiger charge is -2.28. The summed E-state index contributed by atoms with van der Waals surface area (Å²) in [6, 6.07) is 9.84. The standard InChI is InChI=1S/C16H24O3/c1-11(2)16(19)15(12(3)17)14(18)10-9-13-7-5-4-6-8-13/h4-8,11,14-16,18-19H,9-10H2,1-3H3/t14-,15+,16-/m0/s1.